The summed E-state index contributed by atoms with van der Waals surface area (Å²) in [5.41, 5.74) is 1.09. The van der Waals surface area contributed by atoms with Crippen LogP contribution in [0.2, 0.25) is 0 Å². The van der Waals surface area contributed by atoms with Gasteiger partial charge in [0.15, 0.2) is 0 Å². The third-order valence-electron chi connectivity index (χ3n) is 2.48. The minimum absolute atomic E-state index is 0.00870. The molecule has 0 aliphatic rings. The maximum Gasteiger partial charge on any atom is 0.242 e. The van der Waals surface area contributed by atoms with Gasteiger partial charge in [0.05, 0.1) is 6.04 Å². The van der Waals surface area contributed by atoms with Crippen molar-refractivity contribution in [2.45, 2.75) is 26.3 Å². The highest BCUT2D eigenvalue weighted by molar-refractivity contribution is 5.93. The first-order chi connectivity index (χ1) is 7.54. The Morgan fingerprint density at radius 2 is 2.25 bits per heavy atom. The highest BCUT2D eigenvalue weighted by atomic mass is 16.2. The van der Waals surface area contributed by atoms with Crippen LogP contribution < -0.4 is 5.32 Å². The van der Waals surface area contributed by atoms with E-state index in [2.05, 4.69) is 10.3 Å². The Hall–Kier alpha value is -1.42. The molecule has 1 aromatic heterocycles. The fourth-order valence-corrected chi connectivity index (χ4v) is 1.60. The Balaban J connectivity index is 2.70. The first-order valence-electron chi connectivity index (χ1n) is 5.44. The second-order valence-electron chi connectivity index (χ2n) is 4.10. The number of carbonyl (C=O) groups excluding carboxylic acids is 1. The number of hydrogen-bond acceptors (Lipinski definition) is 3. The molecule has 88 valence electrons. The molecule has 1 heterocycles. The first kappa shape index (κ1) is 12.6. The number of hydrogen-bond donors (Lipinski definition) is 1. The molecule has 1 aromatic rings. The molecule has 0 bridgehead atoms. The van der Waals surface area contributed by atoms with Gasteiger partial charge in [0.1, 0.15) is 5.82 Å². The zero-order valence-electron chi connectivity index (χ0n) is 10.3. The zero-order chi connectivity index (χ0) is 12.1. The molecule has 4 heteroatoms. The lowest BCUT2D eigenvalue weighted by molar-refractivity contribution is -0.120. The molecule has 0 saturated carbocycles. The third kappa shape index (κ3) is 3.31. The molecule has 4 nitrogen and oxygen atoms in total. The van der Waals surface area contributed by atoms with Crippen molar-refractivity contribution < 1.29 is 4.79 Å². The number of aromatic nitrogens is 1. The topological polar surface area (TPSA) is 45.2 Å². The summed E-state index contributed by atoms with van der Waals surface area (Å²) < 4.78 is 0. The van der Waals surface area contributed by atoms with Crippen LogP contribution in [0.1, 0.15) is 18.9 Å². The van der Waals surface area contributed by atoms with Crippen molar-refractivity contribution in [2.75, 3.05) is 19.4 Å². The summed E-state index contributed by atoms with van der Waals surface area (Å²) >= 11 is 0. The number of amides is 1. The zero-order valence-corrected chi connectivity index (χ0v) is 10.3. The average molecular weight is 221 g/mol. The largest absolute Gasteiger partial charge is 0.309 e. The predicted octanol–water partition coefficient (Wildman–Crippen LogP) is 1.67. The van der Waals surface area contributed by atoms with E-state index in [1.54, 1.807) is 6.20 Å². The normalized spacial score (nSPS) is 12.6. The summed E-state index contributed by atoms with van der Waals surface area (Å²) in [7, 11) is 3.80. The molecule has 0 aliphatic heterocycles. The molecular weight excluding hydrogens is 202 g/mol. The van der Waals surface area contributed by atoms with Crippen LogP contribution in [0.4, 0.5) is 5.82 Å². The summed E-state index contributed by atoms with van der Waals surface area (Å²) in [6, 6.07) is 3.65. The molecule has 1 N–H and O–H groups in total. The van der Waals surface area contributed by atoms with Crippen molar-refractivity contribution in [1.29, 1.82) is 0 Å². The molecule has 1 rings (SSSR count). The number of rotatable bonds is 4. The Kier molecular flexibility index (Phi) is 4.43. The van der Waals surface area contributed by atoms with E-state index in [-0.39, 0.29) is 11.9 Å². The third-order valence-corrected chi connectivity index (χ3v) is 2.48. The van der Waals surface area contributed by atoms with E-state index in [9.17, 15) is 4.79 Å². The standard InChI is InChI=1S/C12H19N3O/c1-5-10(15(3)4)12(16)14-11-8-9(2)6-7-13-11/h6-8,10H,5H2,1-4H3,(H,13,14,16). The lowest BCUT2D eigenvalue weighted by atomic mass is 10.2. The second-order valence-corrected chi connectivity index (χ2v) is 4.10. The van der Waals surface area contributed by atoms with Crippen molar-refractivity contribution >= 4 is 11.7 Å². The van der Waals surface area contributed by atoms with Crippen LogP contribution in [0.3, 0.4) is 0 Å². The Bertz CT molecular complexity index is 363. The van der Waals surface area contributed by atoms with Gasteiger partial charge in [0, 0.05) is 6.20 Å². The van der Waals surface area contributed by atoms with Gasteiger partial charge in [-0.25, -0.2) is 4.98 Å². The predicted molar refractivity (Wildman–Crippen MR) is 65.4 cm³/mol. The number of carbonyl (C=O) groups is 1. The summed E-state index contributed by atoms with van der Waals surface area (Å²) in [5.74, 6) is 0.607. The number of anilines is 1. The lowest BCUT2D eigenvalue weighted by Crippen LogP contribution is -2.39. The van der Waals surface area contributed by atoms with Crippen molar-refractivity contribution in [3.8, 4) is 0 Å². The summed E-state index contributed by atoms with van der Waals surface area (Å²) in [4.78, 5) is 17.9. The number of pyridine rings is 1. The molecule has 1 atom stereocenters. The Labute approximate surface area is 96.7 Å². The molecule has 0 aromatic carbocycles. The molecule has 1 unspecified atom stereocenters. The molecular formula is C12H19N3O. The molecule has 0 saturated heterocycles. The fourth-order valence-electron chi connectivity index (χ4n) is 1.60. The van der Waals surface area contributed by atoms with Gasteiger partial charge in [-0.1, -0.05) is 6.92 Å². The molecule has 0 aliphatic carbocycles. The SMILES string of the molecule is CCC(C(=O)Nc1cc(C)ccn1)N(C)C. The van der Waals surface area contributed by atoms with Crippen LogP contribution >= 0.6 is 0 Å². The van der Waals surface area contributed by atoms with Gasteiger partial charge in [-0.3, -0.25) is 9.69 Å². The van der Waals surface area contributed by atoms with Crippen molar-refractivity contribution in [2.24, 2.45) is 0 Å². The van der Waals surface area contributed by atoms with E-state index >= 15 is 0 Å². The van der Waals surface area contributed by atoms with Crippen LogP contribution in [0.5, 0.6) is 0 Å². The quantitative estimate of drug-likeness (QED) is 0.841. The maximum absolute atomic E-state index is 11.9. The van der Waals surface area contributed by atoms with Crippen LogP contribution in [-0.4, -0.2) is 35.9 Å². The molecule has 0 fully saturated rings. The van der Waals surface area contributed by atoms with Crippen molar-refractivity contribution in [1.82, 2.24) is 9.88 Å². The molecule has 1 amide bonds. The second kappa shape index (κ2) is 5.61. The summed E-state index contributed by atoms with van der Waals surface area (Å²) in [6.45, 7) is 3.97. The first-order valence-corrected chi connectivity index (χ1v) is 5.44. The Morgan fingerprint density at radius 1 is 1.56 bits per heavy atom. The van der Waals surface area contributed by atoms with Gasteiger partial charge >= 0.3 is 0 Å². The smallest absolute Gasteiger partial charge is 0.242 e. The number of likely N-dealkylation sites (N-methyl/N-ethyl adjacent to an activating group) is 1. The lowest BCUT2D eigenvalue weighted by Gasteiger charge is -2.21. The summed E-state index contributed by atoms with van der Waals surface area (Å²) in [5, 5.41) is 2.82. The van der Waals surface area contributed by atoms with E-state index in [1.165, 1.54) is 0 Å². The van der Waals surface area contributed by atoms with E-state index in [0.29, 0.717) is 5.82 Å². The minimum atomic E-state index is -0.109. The minimum Gasteiger partial charge on any atom is -0.309 e. The van der Waals surface area contributed by atoms with Gasteiger partial charge in [-0.05, 0) is 45.1 Å². The number of nitrogens with zero attached hydrogens (tertiary/aromatic N) is 2. The average Bonchev–Trinajstić information content (AvgIpc) is 2.17. The van der Waals surface area contributed by atoms with Gasteiger partial charge < -0.3 is 5.32 Å². The molecule has 16 heavy (non-hydrogen) atoms. The van der Waals surface area contributed by atoms with Crippen LogP contribution in [0, 0.1) is 6.92 Å². The summed E-state index contributed by atoms with van der Waals surface area (Å²) in [6.07, 6.45) is 2.48. The maximum atomic E-state index is 11.9. The van der Waals surface area contributed by atoms with Gasteiger partial charge in [0.25, 0.3) is 0 Å². The monoisotopic (exact) mass is 221 g/mol. The van der Waals surface area contributed by atoms with E-state index in [0.717, 1.165) is 12.0 Å². The molecule has 0 radical (unpaired) electrons. The van der Waals surface area contributed by atoms with Crippen molar-refractivity contribution in [3.05, 3.63) is 23.9 Å². The van der Waals surface area contributed by atoms with E-state index in [4.69, 9.17) is 0 Å². The van der Waals surface area contributed by atoms with Crippen LogP contribution in [0.25, 0.3) is 0 Å². The molecule has 0 spiro atoms. The highest BCUT2D eigenvalue weighted by Gasteiger charge is 2.18. The highest BCUT2D eigenvalue weighted by Crippen LogP contribution is 2.08. The number of nitrogens with one attached hydrogen (secondary N) is 1. The van der Waals surface area contributed by atoms with Crippen LogP contribution in [-0.2, 0) is 4.79 Å². The van der Waals surface area contributed by atoms with Crippen LogP contribution in [0.15, 0.2) is 18.3 Å². The Morgan fingerprint density at radius 3 is 2.75 bits per heavy atom. The number of aryl methyl sites for hydroxylation is 1. The van der Waals surface area contributed by atoms with E-state index in [1.807, 2.05) is 45.0 Å². The van der Waals surface area contributed by atoms with Crippen molar-refractivity contribution in [3.63, 3.8) is 0 Å². The van der Waals surface area contributed by atoms with Gasteiger partial charge in [0.2, 0.25) is 5.91 Å². The van der Waals surface area contributed by atoms with E-state index < -0.39 is 0 Å². The fraction of sp³-hybridized carbons (Fsp3) is 0.500. The van der Waals surface area contributed by atoms with Gasteiger partial charge in [-0.2, -0.15) is 0 Å². The van der Waals surface area contributed by atoms with Gasteiger partial charge in [-0.15, -0.1) is 0 Å².